The van der Waals surface area contributed by atoms with Gasteiger partial charge < -0.3 is 4.43 Å². The van der Waals surface area contributed by atoms with Gasteiger partial charge in [-0.2, -0.15) is 0 Å². The van der Waals surface area contributed by atoms with E-state index in [0.29, 0.717) is 0 Å². The lowest BCUT2D eigenvalue weighted by Gasteiger charge is -2.19. The van der Waals surface area contributed by atoms with Crippen LogP contribution in [0.1, 0.15) is 0 Å². The van der Waals surface area contributed by atoms with Crippen molar-refractivity contribution in [2.24, 2.45) is 0 Å². The van der Waals surface area contributed by atoms with E-state index in [9.17, 15) is 4.79 Å². The van der Waals surface area contributed by atoms with Crippen molar-refractivity contribution in [3.05, 3.63) is 0 Å². The van der Waals surface area contributed by atoms with Crippen LogP contribution in [-0.4, -0.2) is 33.5 Å². The molecule has 1 N–H and O–H groups in total. The summed E-state index contributed by atoms with van der Waals surface area (Å²) in [6.07, 6.45) is -0.367. The predicted molar refractivity (Wildman–Crippen MR) is 46.6 cm³/mol. The summed E-state index contributed by atoms with van der Waals surface area (Å²) in [7, 11) is 1.76. The lowest BCUT2D eigenvalue weighted by Crippen LogP contribution is -2.41. The van der Waals surface area contributed by atoms with Gasteiger partial charge in [0.15, 0.2) is 0 Å². The minimum absolute atomic E-state index is 0.367. The van der Waals surface area contributed by atoms with Crippen molar-refractivity contribution >= 4 is 14.4 Å². The van der Waals surface area contributed by atoms with E-state index in [0.717, 1.165) is 0 Å². The number of carbonyl (C=O) groups excluding carboxylic acids is 1. The molecule has 0 aliphatic carbocycles. The predicted octanol–water partition coefficient (Wildman–Crippen LogP) is 1.02. The second-order valence-corrected chi connectivity index (χ2v) is 7.94. The lowest BCUT2D eigenvalue weighted by molar-refractivity contribution is 0.170. The van der Waals surface area contributed by atoms with E-state index < -0.39 is 8.32 Å². The SMILES string of the molecule is CN(C)NC(=O)O[Si](C)(C)C. The fraction of sp³-hybridized carbons (Fsp3) is 0.833. The van der Waals surface area contributed by atoms with Crippen LogP contribution < -0.4 is 5.43 Å². The molecule has 4 nitrogen and oxygen atoms in total. The number of hydrazine groups is 1. The third kappa shape index (κ3) is 7.34. The quantitative estimate of drug-likeness (QED) is 0.504. The molecule has 1 amide bonds. The molecule has 0 unspecified atom stereocenters. The summed E-state index contributed by atoms with van der Waals surface area (Å²) in [6.45, 7) is 5.88. The molecule has 0 rings (SSSR count). The van der Waals surface area contributed by atoms with Gasteiger partial charge in [0.2, 0.25) is 8.32 Å². The molecule has 0 bridgehead atoms. The number of hydrogen-bond acceptors (Lipinski definition) is 3. The van der Waals surface area contributed by atoms with Gasteiger partial charge in [-0.15, -0.1) is 0 Å². The van der Waals surface area contributed by atoms with Crippen LogP contribution >= 0.6 is 0 Å². The van der Waals surface area contributed by atoms with Gasteiger partial charge in [0.05, 0.1) is 0 Å². The molecular weight excluding hydrogens is 160 g/mol. The van der Waals surface area contributed by atoms with Gasteiger partial charge in [-0.25, -0.2) is 9.80 Å². The monoisotopic (exact) mass is 176 g/mol. The van der Waals surface area contributed by atoms with Crippen molar-refractivity contribution in [3.63, 3.8) is 0 Å². The van der Waals surface area contributed by atoms with Crippen LogP contribution in [0.25, 0.3) is 0 Å². The van der Waals surface area contributed by atoms with Crippen molar-refractivity contribution in [1.82, 2.24) is 10.4 Å². The molecule has 66 valence electrons. The standard InChI is InChI=1S/C6H16N2O2Si/c1-8(2)7-6(9)10-11(3,4)5/h1-5H3,(H,7,9). The molecule has 0 saturated heterocycles. The summed E-state index contributed by atoms with van der Waals surface area (Å²) in [5, 5.41) is 1.56. The van der Waals surface area contributed by atoms with Crippen molar-refractivity contribution in [2.45, 2.75) is 19.6 Å². The van der Waals surface area contributed by atoms with E-state index in [-0.39, 0.29) is 6.09 Å². The zero-order valence-corrected chi connectivity index (χ0v) is 8.76. The number of nitrogens with one attached hydrogen (secondary N) is 1. The Balaban J connectivity index is 3.71. The van der Waals surface area contributed by atoms with Crippen molar-refractivity contribution in [1.29, 1.82) is 0 Å². The van der Waals surface area contributed by atoms with E-state index in [2.05, 4.69) is 5.43 Å². The number of rotatable bonds is 2. The van der Waals surface area contributed by atoms with Crippen LogP contribution in [0.15, 0.2) is 0 Å². The minimum Gasteiger partial charge on any atom is -0.503 e. The molecule has 0 aromatic heterocycles. The Morgan fingerprint density at radius 1 is 1.36 bits per heavy atom. The Morgan fingerprint density at radius 3 is 2.09 bits per heavy atom. The molecule has 5 heteroatoms. The number of amides is 1. The molecule has 0 aliphatic heterocycles. The second-order valence-electron chi connectivity index (χ2n) is 3.51. The maximum absolute atomic E-state index is 10.9. The van der Waals surface area contributed by atoms with Gasteiger partial charge in [0.1, 0.15) is 0 Å². The molecule has 0 atom stereocenters. The summed E-state index contributed by atoms with van der Waals surface area (Å²) in [6, 6.07) is 0. The average Bonchev–Trinajstić information content (AvgIpc) is 1.53. The fourth-order valence-corrected chi connectivity index (χ4v) is 1.09. The Morgan fingerprint density at radius 2 is 1.82 bits per heavy atom. The Kier molecular flexibility index (Phi) is 3.54. The first-order valence-corrected chi connectivity index (χ1v) is 6.89. The zero-order chi connectivity index (χ0) is 9.07. The highest BCUT2D eigenvalue weighted by molar-refractivity contribution is 6.71. The lowest BCUT2D eigenvalue weighted by atomic mass is 11.1. The second kappa shape index (κ2) is 3.73. The van der Waals surface area contributed by atoms with Gasteiger partial charge >= 0.3 is 6.09 Å². The van der Waals surface area contributed by atoms with Crippen LogP contribution in [0.5, 0.6) is 0 Å². The van der Waals surface area contributed by atoms with E-state index >= 15 is 0 Å². The van der Waals surface area contributed by atoms with E-state index in [1.807, 2.05) is 19.6 Å². The van der Waals surface area contributed by atoms with Crippen LogP contribution in [-0.2, 0) is 4.43 Å². The molecule has 0 aliphatic rings. The van der Waals surface area contributed by atoms with Gasteiger partial charge in [-0.3, -0.25) is 5.43 Å². The highest BCUT2D eigenvalue weighted by Crippen LogP contribution is 2.01. The largest absolute Gasteiger partial charge is 0.503 e. The first-order valence-electron chi connectivity index (χ1n) is 3.48. The number of carbonyl (C=O) groups is 1. The summed E-state index contributed by atoms with van der Waals surface area (Å²) < 4.78 is 5.10. The van der Waals surface area contributed by atoms with Crippen LogP contribution in [0.2, 0.25) is 19.6 Å². The molecular formula is C6H16N2O2Si. The molecule has 0 radical (unpaired) electrons. The maximum Gasteiger partial charge on any atom is 0.408 e. The molecule has 0 heterocycles. The summed E-state index contributed by atoms with van der Waals surface area (Å²) in [4.78, 5) is 10.9. The minimum atomic E-state index is -1.73. The first-order chi connectivity index (χ1) is 4.81. The molecule has 0 aromatic carbocycles. The van der Waals surface area contributed by atoms with Crippen LogP contribution in [0, 0.1) is 0 Å². The van der Waals surface area contributed by atoms with Gasteiger partial charge in [0.25, 0.3) is 0 Å². The summed E-state index contributed by atoms with van der Waals surface area (Å²) in [5.74, 6) is 0. The summed E-state index contributed by atoms with van der Waals surface area (Å²) >= 11 is 0. The third-order valence-electron chi connectivity index (χ3n) is 0.714. The Hall–Kier alpha value is -0.553. The maximum atomic E-state index is 10.9. The topological polar surface area (TPSA) is 41.6 Å². The Labute approximate surface area is 68.6 Å². The van der Waals surface area contributed by atoms with Gasteiger partial charge in [-0.05, 0) is 19.6 Å². The number of nitrogens with zero attached hydrogens (tertiary/aromatic N) is 1. The van der Waals surface area contributed by atoms with Gasteiger partial charge in [0, 0.05) is 14.1 Å². The van der Waals surface area contributed by atoms with Crippen molar-refractivity contribution in [2.75, 3.05) is 14.1 Å². The van der Waals surface area contributed by atoms with Crippen molar-refractivity contribution < 1.29 is 9.22 Å². The van der Waals surface area contributed by atoms with Gasteiger partial charge in [-0.1, -0.05) is 0 Å². The van der Waals surface area contributed by atoms with Crippen LogP contribution in [0.4, 0.5) is 4.79 Å². The summed E-state index contributed by atoms with van der Waals surface area (Å²) in [5.41, 5.74) is 2.51. The normalized spacial score (nSPS) is 11.5. The third-order valence-corrected chi connectivity index (χ3v) is 1.51. The Bertz CT molecular complexity index is 142. The molecule has 0 saturated carbocycles. The fourth-order valence-electron chi connectivity index (χ4n) is 0.483. The van der Waals surface area contributed by atoms with E-state index in [4.69, 9.17) is 4.43 Å². The van der Waals surface area contributed by atoms with Crippen LogP contribution in [0.3, 0.4) is 0 Å². The zero-order valence-electron chi connectivity index (χ0n) is 7.76. The van der Waals surface area contributed by atoms with Crippen molar-refractivity contribution in [3.8, 4) is 0 Å². The molecule has 0 spiro atoms. The molecule has 0 fully saturated rings. The smallest absolute Gasteiger partial charge is 0.408 e. The number of hydrogen-bond donors (Lipinski definition) is 1. The first kappa shape index (κ1) is 10.4. The van der Waals surface area contributed by atoms with E-state index in [1.165, 1.54) is 0 Å². The average molecular weight is 176 g/mol. The molecule has 0 aromatic rings. The highest BCUT2D eigenvalue weighted by Gasteiger charge is 2.19. The van der Waals surface area contributed by atoms with E-state index in [1.54, 1.807) is 19.1 Å². The molecule has 11 heavy (non-hydrogen) atoms. The highest BCUT2D eigenvalue weighted by atomic mass is 28.4.